The van der Waals surface area contributed by atoms with E-state index in [4.69, 9.17) is 5.11 Å². The highest BCUT2D eigenvalue weighted by Gasteiger charge is 1.98. The van der Waals surface area contributed by atoms with Gasteiger partial charge < -0.3 is 5.11 Å². The van der Waals surface area contributed by atoms with E-state index in [0.717, 1.165) is 17.9 Å². The average molecular weight is 254 g/mol. The zero-order valence-corrected chi connectivity index (χ0v) is 10.3. The molecule has 0 radical (unpaired) electrons. The first-order chi connectivity index (χ1) is 6.63. The van der Waals surface area contributed by atoms with Crippen molar-refractivity contribution >= 4 is 45.3 Å². The number of hydrogen-bond acceptors (Lipinski definition) is 4. The predicted octanol–water partition coefficient (Wildman–Crippen LogP) is 2.47. The summed E-state index contributed by atoms with van der Waals surface area (Å²) in [6.45, 7) is 0. The highest BCUT2D eigenvalue weighted by Crippen LogP contribution is 2.23. The zero-order valence-electron chi connectivity index (χ0n) is 7.77. The van der Waals surface area contributed by atoms with Crippen LogP contribution in [-0.4, -0.2) is 27.7 Å². The number of carboxylic acid groups (broad SMARTS) is 1. The van der Waals surface area contributed by atoms with Gasteiger partial charge in [0.15, 0.2) is 5.12 Å². The summed E-state index contributed by atoms with van der Waals surface area (Å²) in [5.74, 6) is 1.03. The van der Waals surface area contributed by atoms with Gasteiger partial charge in [0, 0.05) is 24.3 Å². The monoisotopic (exact) mass is 254 g/mol. The van der Waals surface area contributed by atoms with Gasteiger partial charge in [0.1, 0.15) is 0 Å². The summed E-state index contributed by atoms with van der Waals surface area (Å²) in [4.78, 5) is 20.6. The topological polar surface area (TPSA) is 54.4 Å². The van der Waals surface area contributed by atoms with E-state index in [1.54, 1.807) is 21.6 Å². The van der Waals surface area contributed by atoms with E-state index in [-0.39, 0.29) is 11.5 Å². The maximum atomic E-state index is 10.4. The molecule has 14 heavy (non-hydrogen) atoms. The molecule has 0 saturated carbocycles. The number of aliphatic carboxylic acids is 1. The molecular formula is C8H14O3S3. The number of thiol groups is 1. The van der Waals surface area contributed by atoms with Crippen LogP contribution in [0.2, 0.25) is 0 Å². The summed E-state index contributed by atoms with van der Waals surface area (Å²) in [7, 11) is 3.35. The molecule has 0 bridgehead atoms. The lowest BCUT2D eigenvalue weighted by Crippen LogP contribution is -1.94. The standard InChI is InChI=1S/C8H14O3S3/c9-7(10)3-1-5-13-14-6-2-4-8(11)12/h1-6H2,(H,9,10)(H,11,12). The molecule has 0 fully saturated rings. The van der Waals surface area contributed by atoms with Gasteiger partial charge in [-0.3, -0.25) is 9.59 Å². The molecule has 0 aromatic heterocycles. The van der Waals surface area contributed by atoms with Crippen LogP contribution in [0.25, 0.3) is 0 Å². The molecule has 6 heteroatoms. The quantitative estimate of drug-likeness (QED) is 0.376. The largest absolute Gasteiger partial charge is 0.481 e. The van der Waals surface area contributed by atoms with Crippen molar-refractivity contribution < 1.29 is 14.7 Å². The second-order valence-corrected chi connectivity index (χ2v) is 5.84. The van der Waals surface area contributed by atoms with Crippen molar-refractivity contribution in [3.05, 3.63) is 0 Å². The van der Waals surface area contributed by atoms with Crippen molar-refractivity contribution in [3.63, 3.8) is 0 Å². The second kappa shape index (κ2) is 9.73. The van der Waals surface area contributed by atoms with Crippen LogP contribution in [0.15, 0.2) is 0 Å². The Morgan fingerprint density at radius 2 is 1.57 bits per heavy atom. The summed E-state index contributed by atoms with van der Waals surface area (Å²) in [5.41, 5.74) is 0. The minimum absolute atomic E-state index is 0.0681. The number of rotatable bonds is 9. The molecular weight excluding hydrogens is 240 g/mol. The van der Waals surface area contributed by atoms with E-state index in [1.165, 1.54) is 0 Å². The van der Waals surface area contributed by atoms with E-state index < -0.39 is 5.97 Å². The fourth-order valence-corrected chi connectivity index (χ4v) is 3.01. The van der Waals surface area contributed by atoms with Gasteiger partial charge in [0.05, 0.1) is 0 Å². The smallest absolute Gasteiger partial charge is 0.303 e. The van der Waals surface area contributed by atoms with Crippen molar-refractivity contribution in [2.75, 3.05) is 11.5 Å². The van der Waals surface area contributed by atoms with Crippen molar-refractivity contribution in [2.45, 2.75) is 25.7 Å². The first kappa shape index (κ1) is 14.2. The van der Waals surface area contributed by atoms with Crippen LogP contribution < -0.4 is 0 Å². The normalized spacial score (nSPS) is 10.1. The molecule has 0 aliphatic carbocycles. The maximum absolute atomic E-state index is 10.4. The van der Waals surface area contributed by atoms with Crippen LogP contribution in [0.3, 0.4) is 0 Å². The molecule has 0 spiro atoms. The second-order valence-electron chi connectivity index (χ2n) is 2.64. The number of carbonyl (C=O) groups excluding carboxylic acids is 1. The Hall–Kier alpha value is 0.190. The van der Waals surface area contributed by atoms with Crippen LogP contribution in [0.1, 0.15) is 25.7 Å². The van der Waals surface area contributed by atoms with E-state index in [9.17, 15) is 9.59 Å². The van der Waals surface area contributed by atoms with Crippen LogP contribution in [0.4, 0.5) is 0 Å². The first-order valence-electron chi connectivity index (χ1n) is 4.31. The average Bonchev–Trinajstić information content (AvgIpc) is 2.08. The summed E-state index contributed by atoms with van der Waals surface area (Å²) in [6.07, 6.45) is 2.31. The Morgan fingerprint density at radius 3 is 2.00 bits per heavy atom. The zero-order chi connectivity index (χ0) is 10.8. The van der Waals surface area contributed by atoms with E-state index in [0.29, 0.717) is 12.8 Å². The summed E-state index contributed by atoms with van der Waals surface area (Å²) in [6, 6.07) is 0. The molecule has 1 N–H and O–H groups in total. The third kappa shape index (κ3) is 12.2. The van der Waals surface area contributed by atoms with Crippen molar-refractivity contribution in [1.82, 2.24) is 0 Å². The lowest BCUT2D eigenvalue weighted by molar-refractivity contribution is -0.137. The molecule has 0 aliphatic rings. The number of hydrogen-bond donors (Lipinski definition) is 2. The van der Waals surface area contributed by atoms with Crippen LogP contribution in [0, 0.1) is 0 Å². The van der Waals surface area contributed by atoms with Gasteiger partial charge in [-0.25, -0.2) is 0 Å². The van der Waals surface area contributed by atoms with Gasteiger partial charge in [-0.15, -0.1) is 12.6 Å². The van der Waals surface area contributed by atoms with Gasteiger partial charge in [-0.2, -0.15) is 0 Å². The number of carboxylic acids is 1. The third-order valence-corrected chi connectivity index (χ3v) is 4.12. The predicted molar refractivity (Wildman–Crippen MR) is 65.0 cm³/mol. The summed E-state index contributed by atoms with van der Waals surface area (Å²) < 4.78 is 0. The first-order valence-corrected chi connectivity index (χ1v) is 7.24. The maximum Gasteiger partial charge on any atom is 0.303 e. The highest BCUT2D eigenvalue weighted by atomic mass is 33.1. The fraction of sp³-hybridized carbons (Fsp3) is 0.750. The summed E-state index contributed by atoms with van der Waals surface area (Å²) in [5, 5.41) is 8.29. The minimum Gasteiger partial charge on any atom is -0.481 e. The Balaban J connectivity index is 2.99. The van der Waals surface area contributed by atoms with Crippen LogP contribution in [0.5, 0.6) is 0 Å². The van der Waals surface area contributed by atoms with Crippen LogP contribution >= 0.6 is 34.2 Å². The lowest BCUT2D eigenvalue weighted by Gasteiger charge is -1.98. The third-order valence-electron chi connectivity index (χ3n) is 1.32. The van der Waals surface area contributed by atoms with Gasteiger partial charge in [-0.05, 0) is 12.8 Å². The van der Waals surface area contributed by atoms with Gasteiger partial charge in [-0.1, -0.05) is 21.6 Å². The Morgan fingerprint density at radius 1 is 1.07 bits per heavy atom. The minimum atomic E-state index is -0.740. The molecule has 0 aromatic rings. The SMILES string of the molecule is O=C(O)CCCSSCCCC(=O)S. The fourth-order valence-electron chi connectivity index (χ4n) is 0.682. The molecule has 0 amide bonds. The van der Waals surface area contributed by atoms with Gasteiger partial charge in [0.25, 0.3) is 0 Å². The molecule has 82 valence electrons. The molecule has 0 unspecified atom stereocenters. The molecule has 0 heterocycles. The number of carbonyl (C=O) groups is 2. The molecule has 0 saturated heterocycles. The lowest BCUT2D eigenvalue weighted by atomic mass is 10.3. The highest BCUT2D eigenvalue weighted by molar-refractivity contribution is 8.76. The van der Waals surface area contributed by atoms with E-state index in [2.05, 4.69) is 12.6 Å². The molecule has 3 nitrogen and oxygen atoms in total. The van der Waals surface area contributed by atoms with Gasteiger partial charge in [0.2, 0.25) is 0 Å². The molecule has 0 aliphatic heterocycles. The molecule has 0 atom stereocenters. The molecule has 0 rings (SSSR count). The summed E-state index contributed by atoms with van der Waals surface area (Å²) >= 11 is 3.66. The Labute approximate surface area is 97.2 Å². The van der Waals surface area contributed by atoms with E-state index in [1.807, 2.05) is 0 Å². The Kier molecular flexibility index (Phi) is 9.87. The Bertz CT molecular complexity index is 165. The van der Waals surface area contributed by atoms with Crippen molar-refractivity contribution in [1.29, 1.82) is 0 Å². The van der Waals surface area contributed by atoms with Gasteiger partial charge >= 0.3 is 5.97 Å². The van der Waals surface area contributed by atoms with Crippen molar-refractivity contribution in [2.24, 2.45) is 0 Å². The van der Waals surface area contributed by atoms with Crippen molar-refractivity contribution in [3.8, 4) is 0 Å². The molecule has 0 aromatic carbocycles. The van der Waals surface area contributed by atoms with Crippen LogP contribution in [-0.2, 0) is 9.59 Å². The van der Waals surface area contributed by atoms with E-state index >= 15 is 0 Å².